The van der Waals surface area contributed by atoms with Gasteiger partial charge in [0, 0.05) is 53.2 Å². The lowest BCUT2D eigenvalue weighted by molar-refractivity contribution is 0.669. The lowest BCUT2D eigenvalue weighted by Gasteiger charge is -2.24. The van der Waals surface area contributed by atoms with Crippen LogP contribution in [0.5, 0.6) is 0 Å². The average Bonchev–Trinajstić information content (AvgIpc) is 3.95. The topological polar surface area (TPSA) is 16.4 Å². The van der Waals surface area contributed by atoms with E-state index in [9.17, 15) is 0 Å². The minimum atomic E-state index is 0.824. The first-order valence-corrected chi connectivity index (χ1v) is 20.7. The number of allylic oxidation sites excluding steroid dienone is 4. The number of benzene rings is 7. The average molecular weight is 756 g/mol. The third-order valence-electron chi connectivity index (χ3n) is 10.6. The maximum atomic E-state index is 6.35. The summed E-state index contributed by atoms with van der Waals surface area (Å²) in [6.45, 7) is 4.09. The molecule has 0 aliphatic rings. The van der Waals surface area contributed by atoms with Crippen LogP contribution in [0.2, 0.25) is 0 Å². The van der Waals surface area contributed by atoms with E-state index in [1.165, 1.54) is 63.4 Å². The molecule has 268 valence electrons. The van der Waals surface area contributed by atoms with Crippen LogP contribution < -0.4 is 4.90 Å². The van der Waals surface area contributed by atoms with Crippen molar-refractivity contribution in [1.29, 1.82) is 0 Å². The van der Waals surface area contributed by atoms with Gasteiger partial charge in [-0.1, -0.05) is 115 Å². The number of furan rings is 1. The fourth-order valence-electron chi connectivity index (χ4n) is 7.82. The summed E-state index contributed by atoms with van der Waals surface area (Å²) in [4.78, 5) is 2.33. The van der Waals surface area contributed by atoms with Crippen molar-refractivity contribution in [2.75, 3.05) is 4.90 Å². The smallest absolute Gasteiger partial charge is 0.136 e. The van der Waals surface area contributed by atoms with E-state index in [1.54, 1.807) is 11.3 Å². The van der Waals surface area contributed by atoms with Crippen molar-refractivity contribution in [1.82, 2.24) is 0 Å². The van der Waals surface area contributed by atoms with Crippen LogP contribution in [0.4, 0.5) is 5.69 Å². The van der Waals surface area contributed by atoms with Gasteiger partial charge in [-0.05, 0) is 117 Å². The molecule has 0 fully saturated rings. The van der Waals surface area contributed by atoms with Crippen molar-refractivity contribution in [3.63, 3.8) is 0 Å². The minimum Gasteiger partial charge on any atom is -0.456 e. The highest BCUT2D eigenvalue weighted by Gasteiger charge is 2.15. The van der Waals surface area contributed by atoms with Gasteiger partial charge in [-0.25, -0.2) is 0 Å². The third kappa shape index (κ3) is 6.33. The highest BCUT2D eigenvalue weighted by Crippen LogP contribution is 2.41. The standard InChI is InChI=1S/C52H37NOS2/c1-2-3-16-41(30-35-23-28-48-46(31-35)47-32-37-13-4-5-14-38(37)33-49(47)54-48)53(29-11-10-15-39-34-55-50-21-8-6-17-42(39)50)40-26-24-36(25-27-40)43-19-12-20-45-44-18-7-9-22-51(44)56-52(43)45/h2,4-15,17-34H,1,3,16H2/b15-10-,29-11+,41-30-. The molecule has 10 rings (SSSR count). The molecule has 2 nitrogen and oxygen atoms in total. The van der Waals surface area contributed by atoms with Crippen LogP contribution in [0.25, 0.3) is 86.2 Å². The van der Waals surface area contributed by atoms with Crippen LogP contribution in [0, 0.1) is 0 Å². The number of rotatable bonds is 10. The van der Waals surface area contributed by atoms with Crippen LogP contribution in [0.1, 0.15) is 24.0 Å². The Hall–Kier alpha value is -6.46. The summed E-state index contributed by atoms with van der Waals surface area (Å²) >= 11 is 3.65. The predicted octanol–water partition coefficient (Wildman–Crippen LogP) is 16.0. The highest BCUT2D eigenvalue weighted by molar-refractivity contribution is 7.26. The van der Waals surface area contributed by atoms with E-state index >= 15 is 0 Å². The van der Waals surface area contributed by atoms with Crippen molar-refractivity contribution < 1.29 is 4.42 Å². The second kappa shape index (κ2) is 14.6. The zero-order chi connectivity index (χ0) is 37.4. The Kier molecular flexibility index (Phi) is 8.91. The number of anilines is 1. The number of hydrogen-bond acceptors (Lipinski definition) is 4. The molecule has 0 unspecified atom stereocenters. The number of thiophene rings is 2. The summed E-state index contributed by atoms with van der Waals surface area (Å²) in [5.41, 5.74) is 8.91. The van der Waals surface area contributed by atoms with Crippen LogP contribution in [0.3, 0.4) is 0 Å². The van der Waals surface area contributed by atoms with Gasteiger partial charge < -0.3 is 9.32 Å². The molecule has 0 amide bonds. The Balaban J connectivity index is 1.06. The van der Waals surface area contributed by atoms with Gasteiger partial charge in [0.15, 0.2) is 0 Å². The number of hydrogen-bond donors (Lipinski definition) is 0. The maximum absolute atomic E-state index is 6.35. The van der Waals surface area contributed by atoms with Gasteiger partial charge >= 0.3 is 0 Å². The van der Waals surface area contributed by atoms with E-state index in [1.807, 2.05) is 17.4 Å². The summed E-state index contributed by atoms with van der Waals surface area (Å²) in [6, 6.07) is 52.4. The second-order valence-corrected chi connectivity index (χ2v) is 16.1. The quantitative estimate of drug-likeness (QED) is 0.102. The molecule has 3 aromatic heterocycles. The van der Waals surface area contributed by atoms with Crippen molar-refractivity contribution in [3.05, 3.63) is 199 Å². The maximum Gasteiger partial charge on any atom is 0.136 e. The number of nitrogens with zero attached hydrogens (tertiary/aromatic N) is 1. The van der Waals surface area contributed by atoms with Gasteiger partial charge in [-0.15, -0.1) is 29.3 Å². The minimum absolute atomic E-state index is 0.824. The van der Waals surface area contributed by atoms with Crippen LogP contribution >= 0.6 is 22.7 Å². The van der Waals surface area contributed by atoms with Crippen molar-refractivity contribution in [3.8, 4) is 11.1 Å². The Morgan fingerprint density at radius 2 is 1.39 bits per heavy atom. The molecule has 0 spiro atoms. The van der Waals surface area contributed by atoms with Crippen molar-refractivity contribution >= 4 is 103 Å². The third-order valence-corrected chi connectivity index (χ3v) is 12.8. The largest absolute Gasteiger partial charge is 0.456 e. The van der Waals surface area contributed by atoms with Crippen molar-refractivity contribution in [2.45, 2.75) is 12.8 Å². The molecule has 0 aliphatic heterocycles. The first-order valence-electron chi connectivity index (χ1n) is 19.0. The van der Waals surface area contributed by atoms with E-state index in [-0.39, 0.29) is 0 Å². The molecule has 0 aliphatic carbocycles. The number of fused-ring (bicyclic) bond motifs is 8. The summed E-state index contributed by atoms with van der Waals surface area (Å²) in [5, 5.41) is 10.8. The molecule has 56 heavy (non-hydrogen) atoms. The summed E-state index contributed by atoms with van der Waals surface area (Å²) in [6.07, 6.45) is 14.7. The monoisotopic (exact) mass is 755 g/mol. The van der Waals surface area contributed by atoms with E-state index in [4.69, 9.17) is 4.42 Å². The van der Waals surface area contributed by atoms with E-state index in [0.717, 1.165) is 46.0 Å². The van der Waals surface area contributed by atoms with Crippen molar-refractivity contribution in [2.24, 2.45) is 0 Å². The molecule has 0 bridgehead atoms. The lowest BCUT2D eigenvalue weighted by Crippen LogP contribution is -2.15. The van der Waals surface area contributed by atoms with Crippen LogP contribution in [-0.2, 0) is 0 Å². The Labute approximate surface area is 333 Å². The van der Waals surface area contributed by atoms with Gasteiger partial charge in [0.2, 0.25) is 0 Å². The van der Waals surface area contributed by atoms with Crippen LogP contribution in [-0.4, -0.2) is 0 Å². The fourth-order valence-corrected chi connectivity index (χ4v) is 9.99. The van der Waals surface area contributed by atoms with E-state index in [0.29, 0.717) is 0 Å². The fraction of sp³-hybridized carbons (Fsp3) is 0.0385. The normalized spacial score (nSPS) is 12.5. The Morgan fingerprint density at radius 3 is 2.25 bits per heavy atom. The first kappa shape index (κ1) is 34.1. The summed E-state index contributed by atoms with van der Waals surface area (Å²) in [5.74, 6) is 0. The molecule has 10 aromatic rings. The van der Waals surface area contributed by atoms with Gasteiger partial charge in [0.25, 0.3) is 0 Å². The second-order valence-electron chi connectivity index (χ2n) is 14.1. The van der Waals surface area contributed by atoms with E-state index < -0.39 is 0 Å². The summed E-state index contributed by atoms with van der Waals surface area (Å²) in [7, 11) is 0. The molecule has 0 saturated carbocycles. The first-order chi connectivity index (χ1) is 27.7. The van der Waals surface area contributed by atoms with Crippen LogP contribution in [0.15, 0.2) is 192 Å². The molecule has 4 heteroatoms. The van der Waals surface area contributed by atoms with E-state index in [2.05, 4.69) is 193 Å². The molecule has 0 atom stereocenters. The van der Waals surface area contributed by atoms with Gasteiger partial charge in [-0.3, -0.25) is 0 Å². The van der Waals surface area contributed by atoms with Gasteiger partial charge in [0.1, 0.15) is 11.2 Å². The Morgan fingerprint density at radius 1 is 0.643 bits per heavy atom. The predicted molar refractivity (Wildman–Crippen MR) is 246 cm³/mol. The molecule has 7 aromatic carbocycles. The highest BCUT2D eigenvalue weighted by atomic mass is 32.1. The SMILES string of the molecule is C=CCC/C(=C/c1ccc2oc3cc4ccccc4cc3c2c1)N(/C=C/C=C\c1csc2ccccc12)c1ccc(-c2cccc3c2sc2ccccc23)cc1. The molecule has 0 saturated heterocycles. The zero-order valence-corrected chi connectivity index (χ0v) is 32.3. The van der Waals surface area contributed by atoms with Gasteiger partial charge in [0.05, 0.1) is 0 Å². The van der Waals surface area contributed by atoms with Gasteiger partial charge in [-0.2, -0.15) is 0 Å². The molecule has 3 heterocycles. The Bertz CT molecular complexity index is 3170. The lowest BCUT2D eigenvalue weighted by atomic mass is 10.0. The molecule has 0 radical (unpaired) electrons. The molecular formula is C52H37NOS2. The summed E-state index contributed by atoms with van der Waals surface area (Å²) < 4.78 is 10.3. The zero-order valence-electron chi connectivity index (χ0n) is 30.7. The molecular weight excluding hydrogens is 719 g/mol. The molecule has 0 N–H and O–H groups in total.